The predicted molar refractivity (Wildman–Crippen MR) is 111 cm³/mol. The van der Waals surface area contributed by atoms with Crippen LogP contribution in [0.3, 0.4) is 0 Å². The predicted octanol–water partition coefficient (Wildman–Crippen LogP) is 4.07. The van der Waals surface area contributed by atoms with Gasteiger partial charge in [-0.3, -0.25) is 4.79 Å². The van der Waals surface area contributed by atoms with Crippen LogP contribution in [0.25, 0.3) is 16.8 Å². The number of nitrogens with one attached hydrogen (secondary N) is 1. The minimum absolute atomic E-state index is 0.159. The minimum Gasteiger partial charge on any atom is -0.497 e. The second kappa shape index (κ2) is 9.46. The zero-order chi connectivity index (χ0) is 19.8. The number of ether oxygens (including phenoxy) is 3. The summed E-state index contributed by atoms with van der Waals surface area (Å²) in [6, 6.07) is 19.2. The lowest BCUT2D eigenvalue weighted by atomic mass is 10.1. The van der Waals surface area contributed by atoms with E-state index in [4.69, 9.17) is 14.2 Å². The Morgan fingerprint density at radius 2 is 1.50 bits per heavy atom. The minimum atomic E-state index is -0.159. The lowest BCUT2D eigenvalue weighted by molar-refractivity contribution is -0.116. The molecule has 0 atom stereocenters. The highest BCUT2D eigenvalue weighted by atomic mass is 16.5. The molecule has 0 radical (unpaired) electrons. The molecule has 0 bridgehead atoms. The van der Waals surface area contributed by atoms with Crippen LogP contribution in [0.5, 0.6) is 17.2 Å². The fourth-order valence-electron chi connectivity index (χ4n) is 2.72. The molecule has 1 amide bonds. The van der Waals surface area contributed by atoms with E-state index in [1.54, 1.807) is 20.3 Å². The SMILES string of the molecule is COc1ccc(OCCNC(=O)/C=C/c2ccc3cc(OC)ccc3c2)cc1. The van der Waals surface area contributed by atoms with Gasteiger partial charge in [0.2, 0.25) is 5.91 Å². The summed E-state index contributed by atoms with van der Waals surface area (Å²) in [6.07, 6.45) is 3.32. The van der Waals surface area contributed by atoms with Crippen molar-refractivity contribution < 1.29 is 19.0 Å². The number of rotatable bonds is 8. The number of benzene rings is 3. The van der Waals surface area contributed by atoms with E-state index in [1.165, 1.54) is 6.08 Å². The maximum absolute atomic E-state index is 12.0. The monoisotopic (exact) mass is 377 g/mol. The highest BCUT2D eigenvalue weighted by Crippen LogP contribution is 2.22. The van der Waals surface area contributed by atoms with E-state index in [2.05, 4.69) is 5.32 Å². The highest BCUT2D eigenvalue weighted by molar-refractivity contribution is 5.93. The van der Waals surface area contributed by atoms with Gasteiger partial charge in [0, 0.05) is 6.08 Å². The first-order valence-electron chi connectivity index (χ1n) is 8.98. The van der Waals surface area contributed by atoms with E-state index < -0.39 is 0 Å². The maximum Gasteiger partial charge on any atom is 0.244 e. The zero-order valence-corrected chi connectivity index (χ0v) is 16.0. The molecule has 0 fully saturated rings. The van der Waals surface area contributed by atoms with Gasteiger partial charge >= 0.3 is 0 Å². The first kappa shape index (κ1) is 19.3. The Kier molecular flexibility index (Phi) is 6.52. The van der Waals surface area contributed by atoms with Crippen molar-refractivity contribution >= 4 is 22.8 Å². The van der Waals surface area contributed by atoms with Crippen LogP contribution in [0, 0.1) is 0 Å². The Hall–Kier alpha value is -3.47. The quantitative estimate of drug-likeness (QED) is 0.475. The van der Waals surface area contributed by atoms with Crippen LogP contribution in [0.4, 0.5) is 0 Å². The Labute approximate surface area is 164 Å². The summed E-state index contributed by atoms with van der Waals surface area (Å²) >= 11 is 0. The van der Waals surface area contributed by atoms with Crippen molar-refractivity contribution in [2.24, 2.45) is 0 Å². The molecule has 3 aromatic carbocycles. The van der Waals surface area contributed by atoms with E-state index in [0.29, 0.717) is 13.2 Å². The first-order valence-corrected chi connectivity index (χ1v) is 8.98. The molecule has 5 heteroatoms. The molecule has 5 nitrogen and oxygen atoms in total. The third-order valence-corrected chi connectivity index (χ3v) is 4.23. The Morgan fingerprint density at radius 1 is 0.857 bits per heavy atom. The van der Waals surface area contributed by atoms with Crippen molar-refractivity contribution in [1.82, 2.24) is 5.32 Å². The highest BCUT2D eigenvalue weighted by Gasteiger charge is 2.00. The van der Waals surface area contributed by atoms with Gasteiger partial charge in [-0.2, -0.15) is 0 Å². The summed E-state index contributed by atoms with van der Waals surface area (Å²) < 4.78 is 15.9. The fraction of sp³-hybridized carbons (Fsp3) is 0.174. The third kappa shape index (κ3) is 5.27. The largest absolute Gasteiger partial charge is 0.497 e. The van der Waals surface area contributed by atoms with Crippen LogP contribution in [-0.2, 0) is 4.79 Å². The zero-order valence-electron chi connectivity index (χ0n) is 16.0. The summed E-state index contributed by atoms with van der Waals surface area (Å²) in [4.78, 5) is 12.0. The molecule has 0 unspecified atom stereocenters. The smallest absolute Gasteiger partial charge is 0.244 e. The molecule has 3 aromatic rings. The molecule has 1 N–H and O–H groups in total. The molecule has 0 aliphatic rings. The topological polar surface area (TPSA) is 56.8 Å². The van der Waals surface area contributed by atoms with Gasteiger partial charge in [0.1, 0.15) is 23.9 Å². The number of fused-ring (bicyclic) bond motifs is 1. The molecular formula is C23H23NO4. The van der Waals surface area contributed by atoms with Crippen molar-refractivity contribution in [2.45, 2.75) is 0 Å². The van der Waals surface area contributed by atoms with Gasteiger partial charge in [-0.25, -0.2) is 0 Å². The summed E-state index contributed by atoms with van der Waals surface area (Å²) in [6.45, 7) is 0.816. The molecule has 3 rings (SSSR count). The van der Waals surface area contributed by atoms with E-state index >= 15 is 0 Å². The van der Waals surface area contributed by atoms with Gasteiger partial charge in [-0.15, -0.1) is 0 Å². The van der Waals surface area contributed by atoms with Crippen molar-refractivity contribution in [3.63, 3.8) is 0 Å². The van der Waals surface area contributed by atoms with Crippen LogP contribution < -0.4 is 19.5 Å². The molecular weight excluding hydrogens is 354 g/mol. The van der Waals surface area contributed by atoms with Gasteiger partial charge in [-0.1, -0.05) is 18.2 Å². The van der Waals surface area contributed by atoms with Gasteiger partial charge in [0.05, 0.1) is 20.8 Å². The van der Waals surface area contributed by atoms with Crippen LogP contribution in [0.2, 0.25) is 0 Å². The average Bonchev–Trinajstić information content (AvgIpc) is 2.75. The van der Waals surface area contributed by atoms with E-state index in [-0.39, 0.29) is 5.91 Å². The number of carbonyl (C=O) groups is 1. The Morgan fingerprint density at radius 3 is 2.25 bits per heavy atom. The van der Waals surface area contributed by atoms with Gasteiger partial charge in [-0.05, 0) is 64.9 Å². The standard InChI is InChI=1S/C23H23NO4/c1-26-20-8-10-21(11-9-20)28-14-13-24-23(25)12-4-17-3-5-19-16-22(27-2)7-6-18(19)15-17/h3-12,15-16H,13-14H2,1-2H3,(H,24,25)/b12-4+. The molecule has 28 heavy (non-hydrogen) atoms. The van der Waals surface area contributed by atoms with Gasteiger partial charge in [0.15, 0.2) is 0 Å². The van der Waals surface area contributed by atoms with Gasteiger partial charge < -0.3 is 19.5 Å². The number of amides is 1. The third-order valence-electron chi connectivity index (χ3n) is 4.23. The van der Waals surface area contributed by atoms with Crippen LogP contribution in [0.1, 0.15) is 5.56 Å². The maximum atomic E-state index is 12.0. The Balaban J connectivity index is 1.47. The lowest BCUT2D eigenvalue weighted by Gasteiger charge is -2.07. The van der Waals surface area contributed by atoms with E-state index in [9.17, 15) is 4.79 Å². The van der Waals surface area contributed by atoms with E-state index in [0.717, 1.165) is 33.6 Å². The molecule has 0 saturated heterocycles. The molecule has 144 valence electrons. The number of hydrogen-bond donors (Lipinski definition) is 1. The molecule has 0 heterocycles. The lowest BCUT2D eigenvalue weighted by Crippen LogP contribution is -2.26. The first-order chi connectivity index (χ1) is 13.7. The van der Waals surface area contributed by atoms with Crippen molar-refractivity contribution in [1.29, 1.82) is 0 Å². The van der Waals surface area contributed by atoms with Gasteiger partial charge in [0.25, 0.3) is 0 Å². The normalized spacial score (nSPS) is 10.8. The molecule has 0 saturated carbocycles. The number of methoxy groups -OCH3 is 2. The average molecular weight is 377 g/mol. The molecule has 0 aromatic heterocycles. The van der Waals surface area contributed by atoms with Crippen LogP contribution >= 0.6 is 0 Å². The summed E-state index contributed by atoms with van der Waals surface area (Å²) in [5.74, 6) is 2.18. The fourth-order valence-corrected chi connectivity index (χ4v) is 2.72. The van der Waals surface area contributed by atoms with Crippen molar-refractivity contribution in [3.05, 3.63) is 72.3 Å². The second-order valence-electron chi connectivity index (χ2n) is 6.12. The van der Waals surface area contributed by atoms with Crippen molar-refractivity contribution in [2.75, 3.05) is 27.4 Å². The molecule has 0 aliphatic heterocycles. The van der Waals surface area contributed by atoms with Crippen molar-refractivity contribution in [3.8, 4) is 17.2 Å². The Bertz CT molecular complexity index is 964. The summed E-state index contributed by atoms with van der Waals surface area (Å²) in [5.41, 5.74) is 0.960. The number of carbonyl (C=O) groups excluding carboxylic acids is 1. The summed E-state index contributed by atoms with van der Waals surface area (Å²) in [5, 5.41) is 4.99. The van der Waals surface area contributed by atoms with E-state index in [1.807, 2.05) is 60.7 Å². The second-order valence-corrected chi connectivity index (χ2v) is 6.12. The van der Waals surface area contributed by atoms with Crippen LogP contribution in [0.15, 0.2) is 66.7 Å². The van der Waals surface area contributed by atoms with Crippen LogP contribution in [-0.4, -0.2) is 33.3 Å². The number of hydrogen-bond acceptors (Lipinski definition) is 4. The molecule has 0 aliphatic carbocycles. The summed E-state index contributed by atoms with van der Waals surface area (Å²) in [7, 11) is 3.27. The molecule has 0 spiro atoms.